The van der Waals surface area contributed by atoms with Crippen molar-refractivity contribution in [3.05, 3.63) is 11.6 Å². The Balaban J connectivity index is 1.53. The lowest BCUT2D eigenvalue weighted by molar-refractivity contribution is -0.264. The Morgan fingerprint density at radius 3 is 2.19 bits per heavy atom. The van der Waals surface area contributed by atoms with Crippen LogP contribution in [0.15, 0.2) is 11.6 Å². The van der Waals surface area contributed by atoms with Crippen molar-refractivity contribution in [2.75, 3.05) is 7.11 Å². The summed E-state index contributed by atoms with van der Waals surface area (Å²) in [6, 6.07) is 0. The predicted molar refractivity (Wildman–Crippen MR) is 146 cm³/mol. The number of carbonyl (C=O) groups is 1. The largest absolute Gasteiger partial charge is 0.462 e. The van der Waals surface area contributed by atoms with Crippen LogP contribution in [0, 0.1) is 50.7 Å². The summed E-state index contributed by atoms with van der Waals surface area (Å²) >= 11 is 0. The van der Waals surface area contributed by atoms with Gasteiger partial charge in [0, 0.05) is 25.4 Å². The first-order valence-electron chi connectivity index (χ1n) is 15.0. The highest BCUT2D eigenvalue weighted by Crippen LogP contribution is 2.77. The van der Waals surface area contributed by atoms with Crippen molar-refractivity contribution >= 4 is 5.97 Å². The molecule has 0 N–H and O–H groups in total. The summed E-state index contributed by atoms with van der Waals surface area (Å²) in [6.07, 6.45) is 13.9. The number of rotatable bonds is 2. The lowest BCUT2D eigenvalue weighted by Crippen LogP contribution is -2.69. The number of fused-ring (bicyclic) bond motifs is 7. The van der Waals surface area contributed by atoms with E-state index in [9.17, 15) is 4.79 Å². The number of esters is 1. The van der Waals surface area contributed by atoms with Crippen molar-refractivity contribution in [3.8, 4) is 0 Å². The number of hydrogen-bond donors (Lipinski definition) is 0. The molecule has 10 unspecified atom stereocenters. The van der Waals surface area contributed by atoms with E-state index in [1.165, 1.54) is 56.9 Å². The molecule has 10 atom stereocenters. The Bertz CT molecular complexity index is 951. The van der Waals surface area contributed by atoms with E-state index in [0.717, 1.165) is 12.3 Å². The van der Waals surface area contributed by atoms with Gasteiger partial charge in [0.1, 0.15) is 6.10 Å². The van der Waals surface area contributed by atoms with Crippen LogP contribution in [0.25, 0.3) is 0 Å². The van der Waals surface area contributed by atoms with Gasteiger partial charge in [-0.15, -0.1) is 0 Å². The van der Waals surface area contributed by atoms with E-state index in [4.69, 9.17) is 9.47 Å². The molecule has 36 heavy (non-hydrogen) atoms. The zero-order chi connectivity index (χ0) is 26.5. The molecule has 0 bridgehead atoms. The standard InChI is InChI=1S/C33H54O3/c1-21-13-16-29(5)19-20-31(7)23(27(29)33(21,9)35-10)11-12-25-30(6)17-15-26(36-22(2)34)28(3,4)24(30)14-18-32(25,31)8/h13,23-27H,11-12,14-20H2,1-10H3. The lowest BCUT2D eigenvalue weighted by Gasteiger charge is -2.74. The average Bonchev–Trinajstić information content (AvgIpc) is 2.79. The van der Waals surface area contributed by atoms with Crippen molar-refractivity contribution in [2.45, 2.75) is 132 Å². The van der Waals surface area contributed by atoms with E-state index in [1.54, 1.807) is 6.92 Å². The minimum Gasteiger partial charge on any atom is -0.462 e. The van der Waals surface area contributed by atoms with Gasteiger partial charge in [-0.05, 0) is 117 Å². The minimum atomic E-state index is -0.159. The molecule has 204 valence electrons. The van der Waals surface area contributed by atoms with Crippen molar-refractivity contribution in [3.63, 3.8) is 0 Å². The summed E-state index contributed by atoms with van der Waals surface area (Å²) < 4.78 is 12.4. The summed E-state index contributed by atoms with van der Waals surface area (Å²) in [6.45, 7) is 21.7. The molecule has 0 spiro atoms. The highest BCUT2D eigenvalue weighted by Gasteiger charge is 2.71. The maximum Gasteiger partial charge on any atom is 0.302 e. The fraction of sp³-hybridized carbons (Fsp3) is 0.909. The van der Waals surface area contributed by atoms with Crippen LogP contribution in [0.4, 0.5) is 0 Å². The molecule has 0 heterocycles. The maximum absolute atomic E-state index is 11.9. The summed E-state index contributed by atoms with van der Waals surface area (Å²) in [7, 11) is 1.96. The molecule has 0 amide bonds. The molecule has 0 aromatic carbocycles. The van der Waals surface area contributed by atoms with Crippen LogP contribution < -0.4 is 0 Å². The topological polar surface area (TPSA) is 35.5 Å². The fourth-order valence-corrected chi connectivity index (χ4v) is 12.0. The molecule has 0 aliphatic heterocycles. The Labute approximate surface area is 221 Å². The third-order valence-electron chi connectivity index (χ3n) is 14.2. The number of methoxy groups -OCH3 is 1. The molecule has 3 nitrogen and oxygen atoms in total. The monoisotopic (exact) mass is 498 g/mol. The predicted octanol–water partition coefficient (Wildman–Crippen LogP) is 8.36. The van der Waals surface area contributed by atoms with Crippen LogP contribution in [-0.4, -0.2) is 24.8 Å². The van der Waals surface area contributed by atoms with Crippen LogP contribution in [-0.2, 0) is 14.3 Å². The van der Waals surface area contributed by atoms with Crippen LogP contribution in [0.3, 0.4) is 0 Å². The van der Waals surface area contributed by atoms with Gasteiger partial charge in [0.15, 0.2) is 0 Å². The number of hydrogen-bond acceptors (Lipinski definition) is 3. The average molecular weight is 499 g/mol. The van der Waals surface area contributed by atoms with Crippen molar-refractivity contribution in [1.29, 1.82) is 0 Å². The summed E-state index contributed by atoms with van der Waals surface area (Å²) in [5.41, 5.74) is 2.65. The molecule has 0 aromatic heterocycles. The van der Waals surface area contributed by atoms with Gasteiger partial charge in [-0.3, -0.25) is 4.79 Å². The summed E-state index contributed by atoms with van der Waals surface area (Å²) in [4.78, 5) is 11.9. The second-order valence-electron chi connectivity index (χ2n) is 15.7. The molecule has 0 radical (unpaired) electrons. The summed E-state index contributed by atoms with van der Waals surface area (Å²) in [5, 5.41) is 0. The molecule has 0 aromatic rings. The van der Waals surface area contributed by atoms with Gasteiger partial charge in [-0.25, -0.2) is 0 Å². The van der Waals surface area contributed by atoms with Gasteiger partial charge in [-0.1, -0.05) is 47.6 Å². The maximum atomic E-state index is 11.9. The molecule has 5 aliphatic carbocycles. The van der Waals surface area contributed by atoms with Gasteiger partial charge in [-0.2, -0.15) is 0 Å². The van der Waals surface area contributed by atoms with Crippen LogP contribution in [0.5, 0.6) is 0 Å². The second-order valence-corrected chi connectivity index (χ2v) is 15.7. The van der Waals surface area contributed by atoms with E-state index >= 15 is 0 Å². The molecule has 4 saturated carbocycles. The smallest absolute Gasteiger partial charge is 0.302 e. The van der Waals surface area contributed by atoms with Crippen LogP contribution >= 0.6 is 0 Å². The summed E-state index contributed by atoms with van der Waals surface area (Å²) in [5.74, 6) is 2.52. The zero-order valence-corrected chi connectivity index (χ0v) is 25.1. The first-order valence-corrected chi connectivity index (χ1v) is 15.0. The van der Waals surface area contributed by atoms with Crippen LogP contribution in [0.1, 0.15) is 120 Å². The first kappa shape index (κ1) is 26.8. The Morgan fingerprint density at radius 2 is 1.56 bits per heavy atom. The highest BCUT2D eigenvalue weighted by atomic mass is 16.5. The molecular formula is C33H54O3. The molecule has 5 rings (SSSR count). The number of ether oxygens (including phenoxy) is 2. The Morgan fingerprint density at radius 1 is 0.861 bits per heavy atom. The van der Waals surface area contributed by atoms with Crippen molar-refractivity contribution in [2.24, 2.45) is 50.7 Å². The van der Waals surface area contributed by atoms with E-state index in [2.05, 4.69) is 61.5 Å². The second kappa shape index (κ2) is 8.09. The first-order chi connectivity index (χ1) is 16.6. The van der Waals surface area contributed by atoms with Crippen molar-refractivity contribution in [1.82, 2.24) is 0 Å². The fourth-order valence-electron chi connectivity index (χ4n) is 12.0. The molecule has 3 heteroatoms. The zero-order valence-electron chi connectivity index (χ0n) is 25.1. The molecular weight excluding hydrogens is 444 g/mol. The third kappa shape index (κ3) is 3.23. The number of carbonyl (C=O) groups excluding carboxylic acids is 1. The quantitative estimate of drug-likeness (QED) is 0.283. The van der Waals surface area contributed by atoms with E-state index in [-0.39, 0.29) is 23.1 Å². The lowest BCUT2D eigenvalue weighted by atomic mass is 9.31. The molecule has 4 fully saturated rings. The van der Waals surface area contributed by atoms with E-state index in [1.807, 2.05) is 7.11 Å². The third-order valence-corrected chi connectivity index (χ3v) is 14.2. The van der Waals surface area contributed by atoms with Gasteiger partial charge in [0.05, 0.1) is 5.60 Å². The van der Waals surface area contributed by atoms with Crippen molar-refractivity contribution < 1.29 is 14.3 Å². The Kier molecular flexibility index (Phi) is 6.01. The number of allylic oxidation sites excluding steroid dienone is 1. The van der Waals surface area contributed by atoms with E-state index < -0.39 is 0 Å². The van der Waals surface area contributed by atoms with Gasteiger partial charge in [0.25, 0.3) is 0 Å². The molecule has 5 aliphatic rings. The minimum absolute atomic E-state index is 0.0305. The van der Waals surface area contributed by atoms with Gasteiger partial charge in [0.2, 0.25) is 0 Å². The van der Waals surface area contributed by atoms with Gasteiger partial charge < -0.3 is 9.47 Å². The highest BCUT2D eigenvalue weighted by molar-refractivity contribution is 5.66. The van der Waals surface area contributed by atoms with Gasteiger partial charge >= 0.3 is 5.97 Å². The molecule has 0 saturated heterocycles. The normalized spacial score (nSPS) is 53.7. The Hall–Kier alpha value is -0.830. The SMILES string of the molecule is COC1(C)C(C)=CCC2(C)CCC3(C)C(CCC4C5(C)CCC(OC(C)=O)C(C)(C)C5CCC43C)C21. The van der Waals surface area contributed by atoms with Crippen LogP contribution in [0.2, 0.25) is 0 Å². The van der Waals surface area contributed by atoms with E-state index in [0.29, 0.717) is 39.4 Å².